The van der Waals surface area contributed by atoms with Gasteiger partial charge in [0.2, 0.25) is 0 Å². The standard InChI is InChI=1S/C4H11N5S/c1-2(9-3(5)6)10-4(7)8/h2H,1H3,(H3,7,8)(H4,5,6,9). The van der Waals surface area contributed by atoms with Crippen LogP contribution < -0.4 is 17.2 Å². The lowest BCUT2D eigenvalue weighted by Gasteiger charge is -2.02. The maximum atomic E-state index is 6.86. The van der Waals surface area contributed by atoms with Crippen molar-refractivity contribution in [3.63, 3.8) is 0 Å². The smallest absolute Gasteiger partial charge is 0.187 e. The second-order valence-electron chi connectivity index (χ2n) is 1.64. The van der Waals surface area contributed by atoms with E-state index >= 15 is 0 Å². The first-order valence-electron chi connectivity index (χ1n) is 2.62. The molecule has 0 aliphatic rings. The van der Waals surface area contributed by atoms with Gasteiger partial charge in [0.15, 0.2) is 11.1 Å². The molecule has 0 rings (SSSR count). The van der Waals surface area contributed by atoms with Crippen molar-refractivity contribution in [3.05, 3.63) is 0 Å². The van der Waals surface area contributed by atoms with E-state index in [0.29, 0.717) is 0 Å². The molecule has 0 saturated carbocycles. The Morgan fingerprint density at radius 1 is 1.50 bits per heavy atom. The Balaban J connectivity index is 3.75. The number of nitrogens with two attached hydrogens (primary N) is 3. The van der Waals surface area contributed by atoms with E-state index in [9.17, 15) is 0 Å². The van der Waals surface area contributed by atoms with Crippen molar-refractivity contribution >= 4 is 22.9 Å². The molecule has 0 radical (unpaired) electrons. The number of aliphatic imine (C=N–C) groups is 1. The van der Waals surface area contributed by atoms with Gasteiger partial charge in [-0.1, -0.05) is 11.8 Å². The molecule has 0 spiro atoms. The van der Waals surface area contributed by atoms with Gasteiger partial charge in [-0.15, -0.1) is 0 Å². The van der Waals surface area contributed by atoms with Crippen LogP contribution in [0.15, 0.2) is 4.99 Å². The van der Waals surface area contributed by atoms with E-state index in [1.807, 2.05) is 0 Å². The average Bonchev–Trinajstić information content (AvgIpc) is 1.58. The summed E-state index contributed by atoms with van der Waals surface area (Å²) in [4.78, 5) is 3.73. The van der Waals surface area contributed by atoms with Crippen LogP contribution in [0.3, 0.4) is 0 Å². The molecule has 58 valence electrons. The molecule has 5 nitrogen and oxygen atoms in total. The quantitative estimate of drug-likeness (QED) is 0.314. The summed E-state index contributed by atoms with van der Waals surface area (Å²) in [5.41, 5.74) is 15.2. The van der Waals surface area contributed by atoms with Crippen molar-refractivity contribution in [2.24, 2.45) is 22.2 Å². The molecule has 0 aromatic heterocycles. The van der Waals surface area contributed by atoms with Crippen LogP contribution >= 0.6 is 11.8 Å². The summed E-state index contributed by atoms with van der Waals surface area (Å²) in [5, 5.41) is 6.69. The van der Waals surface area contributed by atoms with Gasteiger partial charge in [0.25, 0.3) is 0 Å². The monoisotopic (exact) mass is 161 g/mol. The highest BCUT2D eigenvalue weighted by molar-refractivity contribution is 8.14. The number of amidine groups is 1. The predicted octanol–water partition coefficient (Wildman–Crippen LogP) is -0.768. The van der Waals surface area contributed by atoms with E-state index in [2.05, 4.69) is 4.99 Å². The van der Waals surface area contributed by atoms with Crippen LogP contribution in [0, 0.1) is 5.41 Å². The molecule has 0 aromatic carbocycles. The molecular weight excluding hydrogens is 150 g/mol. The third-order valence-electron chi connectivity index (χ3n) is 0.628. The van der Waals surface area contributed by atoms with Gasteiger partial charge >= 0.3 is 0 Å². The molecule has 7 N–H and O–H groups in total. The Bertz CT molecular complexity index is 150. The number of nitrogens with zero attached hydrogens (tertiary/aromatic N) is 1. The summed E-state index contributed by atoms with van der Waals surface area (Å²) >= 11 is 1.10. The van der Waals surface area contributed by atoms with Crippen LogP contribution in [-0.2, 0) is 0 Å². The average molecular weight is 161 g/mol. The summed E-state index contributed by atoms with van der Waals surface area (Å²) in [6, 6.07) is 0. The summed E-state index contributed by atoms with van der Waals surface area (Å²) in [6.07, 6.45) is 0. The molecule has 10 heavy (non-hydrogen) atoms. The van der Waals surface area contributed by atoms with Crippen molar-refractivity contribution in [1.82, 2.24) is 0 Å². The Labute approximate surface area is 63.6 Å². The Morgan fingerprint density at radius 2 is 2.00 bits per heavy atom. The molecule has 6 heteroatoms. The third-order valence-corrected chi connectivity index (χ3v) is 1.33. The van der Waals surface area contributed by atoms with Gasteiger partial charge in [0, 0.05) is 0 Å². The van der Waals surface area contributed by atoms with E-state index < -0.39 is 0 Å². The maximum Gasteiger partial charge on any atom is 0.187 e. The first-order chi connectivity index (χ1) is 4.52. The summed E-state index contributed by atoms with van der Waals surface area (Å²) in [5.74, 6) is 0.0150. The molecule has 0 aromatic rings. The third kappa shape index (κ3) is 5.23. The number of rotatable bonds is 2. The molecule has 0 amide bonds. The SMILES string of the molecule is CC(N=C(N)N)SC(=N)N. The number of hydrogen-bond donors (Lipinski definition) is 4. The molecule has 0 aliphatic carbocycles. The zero-order chi connectivity index (χ0) is 8.15. The highest BCUT2D eigenvalue weighted by Gasteiger charge is 2.00. The minimum absolute atomic E-state index is 0.0116. The Hall–Kier alpha value is -0.910. The summed E-state index contributed by atoms with van der Waals surface area (Å²) < 4.78 is 0. The lowest BCUT2D eigenvalue weighted by Crippen LogP contribution is -2.24. The van der Waals surface area contributed by atoms with Gasteiger partial charge in [-0.25, -0.2) is 4.99 Å². The number of hydrogen-bond acceptors (Lipinski definition) is 3. The molecule has 0 fully saturated rings. The molecule has 0 heterocycles. The van der Waals surface area contributed by atoms with Gasteiger partial charge in [0.05, 0.1) is 0 Å². The van der Waals surface area contributed by atoms with Crippen LogP contribution in [0.25, 0.3) is 0 Å². The fourth-order valence-electron chi connectivity index (χ4n) is 0.420. The molecular formula is C4H11N5S. The maximum absolute atomic E-state index is 6.86. The fourth-order valence-corrected chi connectivity index (χ4v) is 0.962. The van der Waals surface area contributed by atoms with E-state index in [4.69, 9.17) is 22.6 Å². The molecule has 0 saturated heterocycles. The molecule has 0 bridgehead atoms. The fraction of sp³-hybridized carbons (Fsp3) is 0.500. The Kier molecular flexibility index (Phi) is 3.63. The lowest BCUT2D eigenvalue weighted by atomic mass is 10.8. The predicted molar refractivity (Wildman–Crippen MR) is 44.8 cm³/mol. The van der Waals surface area contributed by atoms with Gasteiger partial charge in [-0.3, -0.25) is 5.41 Å². The van der Waals surface area contributed by atoms with Crippen LogP contribution in [0.5, 0.6) is 0 Å². The van der Waals surface area contributed by atoms with Crippen molar-refractivity contribution < 1.29 is 0 Å². The molecule has 0 aliphatic heterocycles. The van der Waals surface area contributed by atoms with E-state index in [1.54, 1.807) is 6.92 Å². The minimum atomic E-state index is -0.178. The second kappa shape index (κ2) is 3.99. The van der Waals surface area contributed by atoms with Crippen molar-refractivity contribution in [3.8, 4) is 0 Å². The highest BCUT2D eigenvalue weighted by atomic mass is 32.2. The number of thioether (sulfide) groups is 1. The number of guanidine groups is 1. The van der Waals surface area contributed by atoms with Crippen LogP contribution in [0.2, 0.25) is 0 Å². The topological polar surface area (TPSA) is 114 Å². The van der Waals surface area contributed by atoms with Crippen LogP contribution in [0.1, 0.15) is 6.92 Å². The first kappa shape index (κ1) is 9.09. The van der Waals surface area contributed by atoms with E-state index in [-0.39, 0.29) is 16.5 Å². The van der Waals surface area contributed by atoms with Crippen molar-refractivity contribution in [1.29, 1.82) is 5.41 Å². The van der Waals surface area contributed by atoms with Crippen molar-refractivity contribution in [2.45, 2.75) is 12.3 Å². The largest absolute Gasteiger partial charge is 0.379 e. The molecule has 1 unspecified atom stereocenters. The van der Waals surface area contributed by atoms with Gasteiger partial charge in [-0.05, 0) is 6.92 Å². The zero-order valence-corrected chi connectivity index (χ0v) is 6.48. The Morgan fingerprint density at radius 3 is 2.30 bits per heavy atom. The van der Waals surface area contributed by atoms with E-state index in [1.165, 1.54) is 0 Å². The normalized spacial score (nSPS) is 12.1. The minimum Gasteiger partial charge on any atom is -0.379 e. The summed E-state index contributed by atoms with van der Waals surface area (Å²) in [6.45, 7) is 1.76. The van der Waals surface area contributed by atoms with Gasteiger partial charge < -0.3 is 17.2 Å². The van der Waals surface area contributed by atoms with E-state index in [0.717, 1.165) is 11.8 Å². The van der Waals surface area contributed by atoms with Crippen molar-refractivity contribution in [2.75, 3.05) is 0 Å². The van der Waals surface area contributed by atoms with Gasteiger partial charge in [0.1, 0.15) is 5.37 Å². The zero-order valence-electron chi connectivity index (χ0n) is 5.66. The van der Waals surface area contributed by atoms with Crippen LogP contribution in [0.4, 0.5) is 0 Å². The lowest BCUT2D eigenvalue weighted by molar-refractivity contribution is 1.04. The second-order valence-corrected chi connectivity index (χ2v) is 2.99. The van der Waals surface area contributed by atoms with Gasteiger partial charge in [-0.2, -0.15) is 0 Å². The first-order valence-corrected chi connectivity index (χ1v) is 3.49. The highest BCUT2D eigenvalue weighted by Crippen LogP contribution is 2.08. The molecule has 1 atom stereocenters. The number of nitrogens with one attached hydrogen (secondary N) is 1. The summed E-state index contributed by atoms with van der Waals surface area (Å²) in [7, 11) is 0. The van der Waals surface area contributed by atoms with Crippen LogP contribution in [-0.4, -0.2) is 16.5 Å².